The maximum absolute atomic E-state index is 12.3. The van der Waals surface area contributed by atoms with Gasteiger partial charge in [-0.2, -0.15) is 0 Å². The van der Waals surface area contributed by atoms with E-state index in [1.165, 1.54) is 0 Å². The van der Waals surface area contributed by atoms with Gasteiger partial charge in [0, 0.05) is 16.1 Å². The number of ketones is 1. The molecule has 0 fully saturated rings. The number of rotatable bonds is 3. The molecule has 0 aliphatic rings. The van der Waals surface area contributed by atoms with E-state index in [4.69, 9.17) is 23.8 Å². The molecule has 18 heavy (non-hydrogen) atoms. The van der Waals surface area contributed by atoms with Gasteiger partial charge in [-0.05, 0) is 32.9 Å². The number of hydrogen-bond donors (Lipinski definition) is 2. The minimum Gasteiger partial charge on any atom is -0.296 e. The predicted octanol–water partition coefficient (Wildman–Crippen LogP) is 2.20. The molecule has 3 N–H and O–H groups in total. The summed E-state index contributed by atoms with van der Waals surface area (Å²) in [6.07, 6.45) is 5.40. The molecule has 0 aliphatic carbocycles. The number of Topliss-reactive ketones (excluding diaryl/α,β-unsaturated/α-hetero) is 1. The Kier molecular flexibility index (Phi) is 4.18. The van der Waals surface area contributed by atoms with E-state index in [-0.39, 0.29) is 11.3 Å². The van der Waals surface area contributed by atoms with Crippen molar-refractivity contribution in [2.75, 3.05) is 0 Å². The van der Waals surface area contributed by atoms with Crippen molar-refractivity contribution in [2.24, 2.45) is 5.73 Å². The first-order valence-corrected chi connectivity index (χ1v) is 5.92. The first kappa shape index (κ1) is 14.7. The molecular weight excluding hydrogens is 248 g/mol. The SMILES string of the molecule is C#CC(N)(NC(C)(C)C)C(=O)c1cccc(Cl)c1. The van der Waals surface area contributed by atoms with Crippen LogP contribution in [0.2, 0.25) is 5.02 Å². The Bertz CT molecular complexity index is 499. The molecule has 0 heterocycles. The number of nitrogens with two attached hydrogens (primary N) is 1. The van der Waals surface area contributed by atoms with Crippen LogP contribution in [-0.2, 0) is 0 Å². The molecule has 0 saturated heterocycles. The summed E-state index contributed by atoms with van der Waals surface area (Å²) >= 11 is 5.85. The second-order valence-corrected chi connectivity index (χ2v) is 5.60. The van der Waals surface area contributed by atoms with Gasteiger partial charge in [-0.3, -0.25) is 15.8 Å². The lowest BCUT2D eigenvalue weighted by molar-refractivity contribution is 0.0879. The molecule has 0 saturated carbocycles. The second kappa shape index (κ2) is 5.11. The summed E-state index contributed by atoms with van der Waals surface area (Å²) in [5.74, 6) is 1.95. The van der Waals surface area contributed by atoms with E-state index in [0.29, 0.717) is 10.6 Å². The molecule has 0 bridgehead atoms. The quantitative estimate of drug-likeness (QED) is 0.500. The molecule has 0 amide bonds. The van der Waals surface area contributed by atoms with E-state index in [1.807, 2.05) is 20.8 Å². The molecule has 1 unspecified atom stereocenters. The van der Waals surface area contributed by atoms with Crippen LogP contribution in [0.25, 0.3) is 0 Å². The molecule has 1 rings (SSSR count). The minimum absolute atomic E-state index is 0.373. The lowest BCUT2D eigenvalue weighted by Crippen LogP contribution is -2.64. The number of terminal acetylenes is 1. The van der Waals surface area contributed by atoms with Crippen molar-refractivity contribution in [2.45, 2.75) is 32.0 Å². The van der Waals surface area contributed by atoms with Crippen molar-refractivity contribution in [3.05, 3.63) is 34.9 Å². The molecule has 0 spiro atoms. The summed E-state index contributed by atoms with van der Waals surface area (Å²) in [7, 11) is 0. The fraction of sp³-hybridized carbons (Fsp3) is 0.357. The molecule has 0 aliphatic heterocycles. The van der Waals surface area contributed by atoms with Crippen molar-refractivity contribution in [3.8, 4) is 12.3 Å². The minimum atomic E-state index is -1.54. The Hall–Kier alpha value is -1.34. The Morgan fingerprint density at radius 2 is 2.06 bits per heavy atom. The van der Waals surface area contributed by atoms with Gasteiger partial charge >= 0.3 is 0 Å². The lowest BCUT2D eigenvalue weighted by Gasteiger charge is -2.32. The number of hydrogen-bond acceptors (Lipinski definition) is 3. The van der Waals surface area contributed by atoms with Crippen LogP contribution in [0.1, 0.15) is 31.1 Å². The summed E-state index contributed by atoms with van der Waals surface area (Å²) in [5.41, 5.74) is 4.44. The Balaban J connectivity index is 3.11. The first-order valence-electron chi connectivity index (χ1n) is 5.54. The molecule has 1 aromatic carbocycles. The summed E-state index contributed by atoms with van der Waals surface area (Å²) < 4.78 is 0. The van der Waals surface area contributed by atoms with Crippen molar-refractivity contribution < 1.29 is 4.79 Å². The molecule has 4 heteroatoms. The normalized spacial score (nSPS) is 14.7. The summed E-state index contributed by atoms with van der Waals surface area (Å²) in [4.78, 5) is 12.3. The molecular formula is C14H17ClN2O. The number of carbonyl (C=O) groups excluding carboxylic acids is 1. The van der Waals surface area contributed by atoms with Crippen molar-refractivity contribution in [3.63, 3.8) is 0 Å². The van der Waals surface area contributed by atoms with E-state index in [2.05, 4.69) is 11.2 Å². The fourth-order valence-corrected chi connectivity index (χ4v) is 1.80. The van der Waals surface area contributed by atoms with Crippen molar-refractivity contribution in [1.29, 1.82) is 0 Å². The Morgan fingerprint density at radius 3 is 2.50 bits per heavy atom. The third-order valence-electron chi connectivity index (χ3n) is 2.24. The van der Waals surface area contributed by atoms with E-state index in [9.17, 15) is 4.79 Å². The summed E-state index contributed by atoms with van der Waals surface area (Å²) in [6, 6.07) is 6.55. The van der Waals surface area contributed by atoms with Crippen LogP contribution >= 0.6 is 11.6 Å². The fourth-order valence-electron chi connectivity index (χ4n) is 1.61. The average Bonchev–Trinajstić information content (AvgIpc) is 2.25. The molecule has 0 radical (unpaired) electrons. The smallest absolute Gasteiger partial charge is 0.210 e. The van der Waals surface area contributed by atoms with Crippen LogP contribution < -0.4 is 11.1 Å². The third-order valence-corrected chi connectivity index (χ3v) is 2.48. The van der Waals surface area contributed by atoms with Gasteiger partial charge in [0.1, 0.15) is 0 Å². The van der Waals surface area contributed by atoms with Crippen molar-refractivity contribution >= 4 is 17.4 Å². The molecule has 0 aromatic heterocycles. The van der Waals surface area contributed by atoms with Gasteiger partial charge in [-0.1, -0.05) is 29.7 Å². The lowest BCUT2D eigenvalue weighted by atomic mass is 9.95. The standard InChI is InChI=1S/C14H17ClN2O/c1-5-14(16,17-13(2,3)4)12(18)10-7-6-8-11(15)9-10/h1,6-9,17H,16H2,2-4H3. The molecule has 96 valence electrons. The monoisotopic (exact) mass is 264 g/mol. The average molecular weight is 265 g/mol. The van der Waals surface area contributed by atoms with Gasteiger partial charge in [0.2, 0.25) is 5.78 Å². The maximum atomic E-state index is 12.3. The highest BCUT2D eigenvalue weighted by Crippen LogP contribution is 2.16. The summed E-state index contributed by atoms with van der Waals surface area (Å²) in [6.45, 7) is 5.66. The number of carbonyl (C=O) groups is 1. The van der Waals surface area contributed by atoms with E-state index < -0.39 is 5.66 Å². The van der Waals surface area contributed by atoms with Crippen LogP contribution in [0.4, 0.5) is 0 Å². The second-order valence-electron chi connectivity index (χ2n) is 5.17. The van der Waals surface area contributed by atoms with Gasteiger partial charge in [0.25, 0.3) is 0 Å². The van der Waals surface area contributed by atoms with Gasteiger partial charge in [-0.25, -0.2) is 0 Å². The predicted molar refractivity (Wildman–Crippen MR) is 74.4 cm³/mol. The van der Waals surface area contributed by atoms with E-state index in [0.717, 1.165) is 0 Å². The Labute approximate surface area is 113 Å². The zero-order valence-electron chi connectivity index (χ0n) is 10.8. The largest absolute Gasteiger partial charge is 0.296 e. The van der Waals surface area contributed by atoms with E-state index in [1.54, 1.807) is 24.3 Å². The van der Waals surface area contributed by atoms with Gasteiger partial charge in [0.15, 0.2) is 5.66 Å². The third kappa shape index (κ3) is 3.58. The van der Waals surface area contributed by atoms with Gasteiger partial charge in [-0.15, -0.1) is 6.42 Å². The molecule has 1 atom stereocenters. The summed E-state index contributed by atoms with van der Waals surface area (Å²) in [5, 5.41) is 3.42. The number of halogens is 1. The topological polar surface area (TPSA) is 55.1 Å². The molecule has 3 nitrogen and oxygen atoms in total. The number of benzene rings is 1. The van der Waals surface area contributed by atoms with Crippen LogP contribution in [0, 0.1) is 12.3 Å². The van der Waals surface area contributed by atoms with Crippen LogP contribution in [0.3, 0.4) is 0 Å². The van der Waals surface area contributed by atoms with Crippen LogP contribution in [0.15, 0.2) is 24.3 Å². The maximum Gasteiger partial charge on any atom is 0.210 e. The highest BCUT2D eigenvalue weighted by atomic mass is 35.5. The van der Waals surface area contributed by atoms with Gasteiger partial charge in [0.05, 0.1) is 0 Å². The zero-order chi connectivity index (χ0) is 14.0. The van der Waals surface area contributed by atoms with Crippen molar-refractivity contribution in [1.82, 2.24) is 5.32 Å². The zero-order valence-corrected chi connectivity index (χ0v) is 11.5. The van der Waals surface area contributed by atoms with Crippen LogP contribution in [-0.4, -0.2) is 17.0 Å². The molecule has 1 aromatic rings. The number of nitrogens with one attached hydrogen (secondary N) is 1. The van der Waals surface area contributed by atoms with E-state index >= 15 is 0 Å². The highest BCUT2D eigenvalue weighted by Gasteiger charge is 2.36. The Morgan fingerprint density at radius 1 is 1.44 bits per heavy atom. The first-order chi connectivity index (χ1) is 8.18. The highest BCUT2D eigenvalue weighted by molar-refractivity contribution is 6.31. The van der Waals surface area contributed by atoms with Crippen LogP contribution in [0.5, 0.6) is 0 Å². The van der Waals surface area contributed by atoms with Gasteiger partial charge < -0.3 is 0 Å².